The minimum absolute atomic E-state index is 0.290. The number of carbonyl (C=O) groups excluding carboxylic acids is 1. The Balaban J connectivity index is 2.86. The van der Waals surface area contributed by atoms with Crippen molar-refractivity contribution in [1.82, 2.24) is 10.2 Å². The van der Waals surface area contributed by atoms with E-state index in [1.165, 1.54) is 7.11 Å². The van der Waals surface area contributed by atoms with Gasteiger partial charge in [-0.15, -0.1) is 5.10 Å². The van der Waals surface area contributed by atoms with Crippen LogP contribution in [-0.2, 0) is 9.53 Å². The van der Waals surface area contributed by atoms with Gasteiger partial charge in [0.15, 0.2) is 0 Å². The number of carbonyl (C=O) groups is 1. The maximum atomic E-state index is 11.8. The fraction of sp³-hybridized carbons (Fsp3) is 0.583. The minimum atomic E-state index is -0.757. The first-order valence-corrected chi connectivity index (χ1v) is 5.69. The first kappa shape index (κ1) is 13.4. The number of aromatic nitrogens is 2. The van der Waals surface area contributed by atoms with Crippen molar-refractivity contribution in [3.63, 3.8) is 0 Å². The van der Waals surface area contributed by atoms with Crippen molar-refractivity contribution in [1.29, 1.82) is 0 Å². The Morgan fingerprint density at radius 1 is 1.47 bits per heavy atom. The van der Waals surface area contributed by atoms with E-state index in [0.29, 0.717) is 12.2 Å². The molecule has 1 N–H and O–H groups in total. The second-order valence-corrected chi connectivity index (χ2v) is 4.26. The van der Waals surface area contributed by atoms with Crippen molar-refractivity contribution in [2.24, 2.45) is 0 Å². The standard InChI is InChI=1S/C12H19N3O2/c1-5-8-12(3,11(16)17-4)13-10-7-6-9(2)14-15-10/h6-7H,5,8H2,1-4H3,(H,13,15). The lowest BCUT2D eigenvalue weighted by atomic mass is 9.96. The summed E-state index contributed by atoms with van der Waals surface area (Å²) in [5.74, 6) is 0.290. The molecule has 0 spiro atoms. The summed E-state index contributed by atoms with van der Waals surface area (Å²) in [7, 11) is 1.39. The predicted molar refractivity (Wildman–Crippen MR) is 65.7 cm³/mol. The number of hydrogen-bond donors (Lipinski definition) is 1. The second-order valence-electron chi connectivity index (χ2n) is 4.26. The molecule has 1 heterocycles. The van der Waals surface area contributed by atoms with Gasteiger partial charge in [0.05, 0.1) is 12.8 Å². The number of esters is 1. The number of nitrogens with zero attached hydrogens (tertiary/aromatic N) is 2. The van der Waals surface area contributed by atoms with Gasteiger partial charge in [0.1, 0.15) is 11.4 Å². The topological polar surface area (TPSA) is 64.1 Å². The molecule has 0 aliphatic rings. The molecular weight excluding hydrogens is 218 g/mol. The summed E-state index contributed by atoms with van der Waals surface area (Å²) in [6.07, 6.45) is 1.55. The summed E-state index contributed by atoms with van der Waals surface area (Å²) in [5, 5.41) is 11.0. The molecule has 0 amide bonds. The Labute approximate surface area is 102 Å². The molecule has 0 bridgehead atoms. The molecule has 0 fully saturated rings. The highest BCUT2D eigenvalue weighted by Crippen LogP contribution is 2.20. The maximum Gasteiger partial charge on any atom is 0.331 e. The number of hydrogen-bond acceptors (Lipinski definition) is 5. The summed E-state index contributed by atoms with van der Waals surface area (Å²) >= 11 is 0. The molecule has 17 heavy (non-hydrogen) atoms. The molecule has 1 aromatic heterocycles. The minimum Gasteiger partial charge on any atom is -0.467 e. The first-order chi connectivity index (χ1) is 8.01. The molecule has 0 saturated carbocycles. The third kappa shape index (κ3) is 3.41. The Morgan fingerprint density at radius 2 is 2.18 bits per heavy atom. The number of methoxy groups -OCH3 is 1. The van der Waals surface area contributed by atoms with Crippen LogP contribution < -0.4 is 5.32 Å². The molecule has 5 heteroatoms. The number of ether oxygens (including phenoxy) is 1. The molecule has 0 aliphatic heterocycles. The third-order valence-corrected chi connectivity index (χ3v) is 2.59. The molecule has 94 valence electrons. The van der Waals surface area contributed by atoms with Crippen molar-refractivity contribution in [3.8, 4) is 0 Å². The molecule has 5 nitrogen and oxygen atoms in total. The van der Waals surface area contributed by atoms with E-state index in [0.717, 1.165) is 12.1 Å². The SMILES string of the molecule is CCCC(C)(Nc1ccc(C)nn1)C(=O)OC. The quantitative estimate of drug-likeness (QED) is 0.793. The second kappa shape index (κ2) is 5.61. The Hall–Kier alpha value is -1.65. The Bertz CT molecular complexity index is 378. The van der Waals surface area contributed by atoms with Gasteiger partial charge >= 0.3 is 5.97 Å². The van der Waals surface area contributed by atoms with Crippen molar-refractivity contribution in [2.45, 2.75) is 39.2 Å². The smallest absolute Gasteiger partial charge is 0.331 e. The summed E-state index contributed by atoms with van der Waals surface area (Å²) in [4.78, 5) is 11.8. The zero-order valence-electron chi connectivity index (χ0n) is 10.8. The van der Waals surface area contributed by atoms with Crippen LogP contribution in [0.25, 0.3) is 0 Å². The van der Waals surface area contributed by atoms with Gasteiger partial charge < -0.3 is 10.1 Å². The summed E-state index contributed by atoms with van der Waals surface area (Å²) < 4.78 is 4.81. The van der Waals surface area contributed by atoms with Crippen molar-refractivity contribution in [3.05, 3.63) is 17.8 Å². The largest absolute Gasteiger partial charge is 0.467 e. The molecule has 0 radical (unpaired) electrons. The van der Waals surface area contributed by atoms with Crippen molar-refractivity contribution in [2.75, 3.05) is 12.4 Å². The van der Waals surface area contributed by atoms with Gasteiger partial charge in [-0.2, -0.15) is 5.10 Å². The van der Waals surface area contributed by atoms with Crippen LogP contribution in [0.15, 0.2) is 12.1 Å². The molecule has 0 aromatic carbocycles. The lowest BCUT2D eigenvalue weighted by Crippen LogP contribution is -2.44. The van der Waals surface area contributed by atoms with Crippen LogP contribution in [0.5, 0.6) is 0 Å². The van der Waals surface area contributed by atoms with E-state index in [1.807, 2.05) is 26.8 Å². The molecule has 0 saturated heterocycles. The summed E-state index contributed by atoms with van der Waals surface area (Å²) in [6.45, 7) is 5.69. The van der Waals surface area contributed by atoms with E-state index in [1.54, 1.807) is 6.07 Å². The lowest BCUT2D eigenvalue weighted by molar-refractivity contribution is -0.145. The zero-order chi connectivity index (χ0) is 12.9. The Morgan fingerprint density at radius 3 is 2.65 bits per heavy atom. The molecule has 1 atom stereocenters. The van der Waals surface area contributed by atoms with Crippen molar-refractivity contribution >= 4 is 11.8 Å². The van der Waals surface area contributed by atoms with Gasteiger partial charge in [0, 0.05) is 0 Å². The average Bonchev–Trinajstić information content (AvgIpc) is 2.31. The molecule has 1 rings (SSSR count). The van der Waals surface area contributed by atoms with Crippen LogP contribution >= 0.6 is 0 Å². The number of aryl methyl sites for hydroxylation is 1. The van der Waals surface area contributed by atoms with E-state index in [4.69, 9.17) is 4.74 Å². The van der Waals surface area contributed by atoms with Gasteiger partial charge in [-0.25, -0.2) is 4.79 Å². The lowest BCUT2D eigenvalue weighted by Gasteiger charge is -2.27. The molecule has 0 aliphatic carbocycles. The average molecular weight is 237 g/mol. The van der Waals surface area contributed by atoms with Crippen molar-refractivity contribution < 1.29 is 9.53 Å². The highest BCUT2D eigenvalue weighted by atomic mass is 16.5. The van der Waals surface area contributed by atoms with Crippen LogP contribution in [0, 0.1) is 6.92 Å². The van der Waals surface area contributed by atoms with E-state index in [9.17, 15) is 4.79 Å². The predicted octanol–water partition coefficient (Wildman–Crippen LogP) is 1.93. The fourth-order valence-electron chi connectivity index (χ4n) is 1.69. The van der Waals surface area contributed by atoms with E-state index in [-0.39, 0.29) is 5.97 Å². The summed E-state index contributed by atoms with van der Waals surface area (Å²) in [6, 6.07) is 3.65. The van der Waals surface area contributed by atoms with Crippen LogP contribution in [0.2, 0.25) is 0 Å². The summed E-state index contributed by atoms with van der Waals surface area (Å²) in [5.41, 5.74) is 0.0822. The highest BCUT2D eigenvalue weighted by molar-refractivity contribution is 5.83. The molecule has 1 unspecified atom stereocenters. The first-order valence-electron chi connectivity index (χ1n) is 5.69. The van der Waals surface area contributed by atoms with E-state index in [2.05, 4.69) is 15.5 Å². The zero-order valence-corrected chi connectivity index (χ0v) is 10.8. The normalized spacial score (nSPS) is 13.9. The monoisotopic (exact) mass is 237 g/mol. The van der Waals surface area contributed by atoms with Gasteiger partial charge in [0.25, 0.3) is 0 Å². The Kier molecular flexibility index (Phi) is 4.43. The van der Waals surface area contributed by atoms with E-state index >= 15 is 0 Å². The van der Waals surface area contributed by atoms with Crippen LogP contribution in [0.3, 0.4) is 0 Å². The van der Waals surface area contributed by atoms with Gasteiger partial charge in [-0.1, -0.05) is 13.3 Å². The van der Waals surface area contributed by atoms with Crippen LogP contribution in [0.1, 0.15) is 32.4 Å². The number of rotatable bonds is 5. The molecule has 1 aromatic rings. The van der Waals surface area contributed by atoms with Crippen LogP contribution in [0.4, 0.5) is 5.82 Å². The van der Waals surface area contributed by atoms with Gasteiger partial charge in [-0.05, 0) is 32.4 Å². The number of anilines is 1. The number of nitrogens with one attached hydrogen (secondary N) is 1. The van der Waals surface area contributed by atoms with Crippen LogP contribution in [-0.4, -0.2) is 28.8 Å². The third-order valence-electron chi connectivity index (χ3n) is 2.59. The van der Waals surface area contributed by atoms with E-state index < -0.39 is 5.54 Å². The molecular formula is C12H19N3O2. The van der Waals surface area contributed by atoms with Gasteiger partial charge in [0.2, 0.25) is 0 Å². The fourth-order valence-corrected chi connectivity index (χ4v) is 1.69. The highest BCUT2D eigenvalue weighted by Gasteiger charge is 2.33. The van der Waals surface area contributed by atoms with Gasteiger partial charge in [-0.3, -0.25) is 0 Å². The maximum absolute atomic E-state index is 11.8.